The molecule has 1 aromatic carbocycles. The lowest BCUT2D eigenvalue weighted by molar-refractivity contribution is -0.148. The zero-order valence-corrected chi connectivity index (χ0v) is 22.8. The van der Waals surface area contributed by atoms with Crippen LogP contribution in [0, 0.1) is 5.92 Å². The highest BCUT2D eigenvalue weighted by Crippen LogP contribution is 2.36. The van der Waals surface area contributed by atoms with Gasteiger partial charge in [-0.1, -0.05) is 18.2 Å². The quantitative estimate of drug-likeness (QED) is 0.380. The number of ether oxygens (including phenoxy) is 2. The van der Waals surface area contributed by atoms with E-state index in [4.69, 9.17) is 15.2 Å². The van der Waals surface area contributed by atoms with E-state index in [1.54, 1.807) is 6.92 Å². The van der Waals surface area contributed by atoms with E-state index in [0.717, 1.165) is 28.0 Å². The van der Waals surface area contributed by atoms with Gasteiger partial charge in [0.1, 0.15) is 17.1 Å². The zero-order chi connectivity index (χ0) is 28.0. The SMILES string of the molecule is CCOC(=O)C1CCc2sc3nc(C(=O)NCc4ccc5c(c4)CN(C4=C(N)COC4=O)CC5)[nH]c(=O)c3c2C1. The van der Waals surface area contributed by atoms with Crippen molar-refractivity contribution in [3.63, 3.8) is 0 Å². The molecule has 0 bridgehead atoms. The van der Waals surface area contributed by atoms with E-state index in [0.29, 0.717) is 60.6 Å². The maximum absolute atomic E-state index is 13.0. The van der Waals surface area contributed by atoms with Gasteiger partial charge in [-0.3, -0.25) is 14.4 Å². The lowest BCUT2D eigenvalue weighted by Gasteiger charge is -2.30. The van der Waals surface area contributed by atoms with Gasteiger partial charge in [-0.25, -0.2) is 9.78 Å². The van der Waals surface area contributed by atoms with Crippen molar-refractivity contribution in [1.82, 2.24) is 20.2 Å². The first kappa shape index (κ1) is 26.1. The number of aryl methyl sites for hydroxylation is 1. The van der Waals surface area contributed by atoms with Crippen LogP contribution >= 0.6 is 11.3 Å². The summed E-state index contributed by atoms with van der Waals surface area (Å²) < 4.78 is 10.2. The van der Waals surface area contributed by atoms with Gasteiger partial charge in [0.15, 0.2) is 0 Å². The van der Waals surface area contributed by atoms with E-state index < -0.39 is 11.9 Å². The van der Waals surface area contributed by atoms with Gasteiger partial charge in [-0.2, -0.15) is 0 Å². The maximum Gasteiger partial charge on any atom is 0.356 e. The van der Waals surface area contributed by atoms with E-state index >= 15 is 0 Å². The number of aromatic nitrogens is 2. The number of H-pyrrole nitrogens is 1. The van der Waals surface area contributed by atoms with Crippen LogP contribution in [0.4, 0.5) is 0 Å². The second-order valence-corrected chi connectivity index (χ2v) is 11.3. The smallest absolute Gasteiger partial charge is 0.356 e. The van der Waals surface area contributed by atoms with Gasteiger partial charge in [0.05, 0.1) is 23.6 Å². The highest BCUT2D eigenvalue weighted by atomic mass is 32.1. The fraction of sp³-hybridized carbons (Fsp3) is 0.393. The molecular formula is C28H29N5O6S. The highest BCUT2D eigenvalue weighted by Gasteiger charge is 2.32. The van der Waals surface area contributed by atoms with Crippen molar-refractivity contribution in [2.24, 2.45) is 11.7 Å². The maximum atomic E-state index is 13.0. The Balaban J connectivity index is 1.16. The highest BCUT2D eigenvalue weighted by molar-refractivity contribution is 7.18. The molecule has 0 fully saturated rings. The van der Waals surface area contributed by atoms with Crippen LogP contribution in [0.2, 0.25) is 0 Å². The topological polar surface area (TPSA) is 157 Å². The second-order valence-electron chi connectivity index (χ2n) is 10.2. The van der Waals surface area contributed by atoms with Crippen LogP contribution in [0.1, 0.15) is 51.1 Å². The first-order valence-corrected chi connectivity index (χ1v) is 14.1. The van der Waals surface area contributed by atoms with Crippen LogP contribution in [0.25, 0.3) is 10.2 Å². The fourth-order valence-corrected chi connectivity index (χ4v) is 6.89. The van der Waals surface area contributed by atoms with Gasteiger partial charge in [0.25, 0.3) is 11.5 Å². The molecule has 0 saturated carbocycles. The van der Waals surface area contributed by atoms with Crippen LogP contribution in [0.3, 0.4) is 0 Å². The Kier molecular flexibility index (Phi) is 6.78. The molecule has 3 aromatic rings. The summed E-state index contributed by atoms with van der Waals surface area (Å²) in [5.41, 5.74) is 10.4. The van der Waals surface area contributed by atoms with E-state index in [1.807, 2.05) is 23.1 Å². The minimum Gasteiger partial charge on any atom is -0.466 e. The third-order valence-corrected chi connectivity index (χ3v) is 8.84. The molecule has 0 spiro atoms. The second kappa shape index (κ2) is 10.4. The van der Waals surface area contributed by atoms with Gasteiger partial charge in [-0.05, 0) is 54.9 Å². The molecule has 208 valence electrons. The minimum atomic E-state index is -0.485. The van der Waals surface area contributed by atoms with Gasteiger partial charge in [-0.15, -0.1) is 11.3 Å². The molecule has 0 saturated heterocycles. The number of carbonyl (C=O) groups excluding carboxylic acids is 3. The zero-order valence-electron chi connectivity index (χ0n) is 22.0. The summed E-state index contributed by atoms with van der Waals surface area (Å²) in [6.07, 6.45) is 2.53. The number of benzene rings is 1. The Morgan fingerprint density at radius 1 is 1.27 bits per heavy atom. The van der Waals surface area contributed by atoms with E-state index in [2.05, 4.69) is 15.3 Å². The van der Waals surface area contributed by atoms with Gasteiger partial charge in [0, 0.05) is 24.5 Å². The number of esters is 2. The molecule has 2 aliphatic heterocycles. The average Bonchev–Trinajstić information content (AvgIpc) is 3.49. The summed E-state index contributed by atoms with van der Waals surface area (Å²) >= 11 is 1.40. The van der Waals surface area contributed by atoms with Crippen molar-refractivity contribution in [3.05, 3.63) is 72.9 Å². The summed E-state index contributed by atoms with van der Waals surface area (Å²) in [7, 11) is 0. The van der Waals surface area contributed by atoms with Gasteiger partial charge < -0.3 is 30.4 Å². The van der Waals surface area contributed by atoms with Crippen LogP contribution in [0.5, 0.6) is 0 Å². The molecule has 3 aliphatic rings. The number of nitrogens with zero attached hydrogens (tertiary/aromatic N) is 2. The van der Waals surface area contributed by atoms with Gasteiger partial charge in [0.2, 0.25) is 5.82 Å². The Labute approximate surface area is 233 Å². The first-order valence-electron chi connectivity index (χ1n) is 13.3. The lowest BCUT2D eigenvalue weighted by atomic mass is 9.87. The number of hydrogen-bond acceptors (Lipinski definition) is 10. The third kappa shape index (κ3) is 4.72. The summed E-state index contributed by atoms with van der Waals surface area (Å²) in [5, 5.41) is 3.30. The number of aromatic amines is 1. The molecule has 1 aliphatic carbocycles. The number of carbonyl (C=O) groups is 3. The minimum absolute atomic E-state index is 0.0515. The van der Waals surface area contributed by atoms with E-state index in [-0.39, 0.29) is 36.4 Å². The number of cyclic esters (lactones) is 1. The standard InChI is InChI=1S/C28H29N5O6S/c1-2-38-27(36)16-5-6-20-18(10-16)21-24(34)31-23(32-26(21)40-20)25(35)30-11-14-3-4-15-7-8-33(12-17(15)9-14)22-19(29)13-39-28(22)37/h3-4,9,16H,2,5-8,10-13,29H2,1H3,(H,30,35)(H,31,32,34). The van der Waals surface area contributed by atoms with Crippen LogP contribution < -0.4 is 16.6 Å². The number of nitrogens with two attached hydrogens (primary N) is 1. The average molecular weight is 564 g/mol. The van der Waals surface area contributed by atoms with Crippen molar-refractivity contribution in [3.8, 4) is 0 Å². The molecule has 40 heavy (non-hydrogen) atoms. The van der Waals surface area contributed by atoms with Crippen molar-refractivity contribution >= 4 is 39.4 Å². The molecule has 0 radical (unpaired) electrons. The Hall–Kier alpha value is -4.19. The summed E-state index contributed by atoms with van der Waals surface area (Å²) in [5.74, 6) is -1.46. The molecule has 12 heteroatoms. The van der Waals surface area contributed by atoms with E-state index in [1.165, 1.54) is 16.9 Å². The van der Waals surface area contributed by atoms with Crippen molar-refractivity contribution in [2.45, 2.75) is 45.7 Å². The van der Waals surface area contributed by atoms with E-state index in [9.17, 15) is 19.2 Å². The number of amides is 1. The predicted molar refractivity (Wildman–Crippen MR) is 146 cm³/mol. The van der Waals surface area contributed by atoms with Gasteiger partial charge >= 0.3 is 11.9 Å². The Bertz CT molecular complexity index is 1640. The Morgan fingerprint density at radius 2 is 2.12 bits per heavy atom. The Morgan fingerprint density at radius 3 is 2.90 bits per heavy atom. The monoisotopic (exact) mass is 563 g/mol. The molecule has 6 rings (SSSR count). The van der Waals surface area contributed by atoms with Crippen LogP contribution in [-0.4, -0.2) is 52.5 Å². The number of fused-ring (bicyclic) bond motifs is 4. The molecule has 4 heterocycles. The molecule has 4 N–H and O–H groups in total. The first-order chi connectivity index (χ1) is 19.3. The number of hydrogen-bond donors (Lipinski definition) is 3. The van der Waals surface area contributed by atoms with Crippen molar-refractivity contribution in [2.75, 3.05) is 19.8 Å². The van der Waals surface area contributed by atoms with Crippen molar-refractivity contribution in [1.29, 1.82) is 0 Å². The number of thiophene rings is 1. The molecule has 2 aromatic heterocycles. The fourth-order valence-electron chi connectivity index (χ4n) is 5.67. The van der Waals surface area contributed by atoms with Crippen molar-refractivity contribution < 1.29 is 23.9 Å². The predicted octanol–water partition coefficient (Wildman–Crippen LogP) is 1.67. The molecule has 1 atom stereocenters. The molecular weight excluding hydrogens is 534 g/mol. The lowest BCUT2D eigenvalue weighted by Crippen LogP contribution is -2.33. The largest absolute Gasteiger partial charge is 0.466 e. The normalized spacial score (nSPS) is 18.4. The molecule has 1 amide bonds. The third-order valence-electron chi connectivity index (χ3n) is 7.66. The molecule has 1 unspecified atom stereocenters. The summed E-state index contributed by atoms with van der Waals surface area (Å²) in [4.78, 5) is 60.9. The number of rotatable bonds is 6. The van der Waals surface area contributed by atoms with Crippen LogP contribution in [0.15, 0.2) is 34.4 Å². The summed E-state index contributed by atoms with van der Waals surface area (Å²) in [6, 6.07) is 6.00. The van der Waals surface area contributed by atoms with Crippen LogP contribution in [-0.2, 0) is 51.4 Å². The number of nitrogens with one attached hydrogen (secondary N) is 2. The summed E-state index contributed by atoms with van der Waals surface area (Å²) in [6.45, 7) is 3.65. The molecule has 11 nitrogen and oxygen atoms in total.